The zero-order valence-corrected chi connectivity index (χ0v) is 23.8. The van der Waals surface area contributed by atoms with Crippen molar-refractivity contribution in [3.05, 3.63) is 70.4 Å². The number of methoxy groups -OCH3 is 2. The predicted molar refractivity (Wildman–Crippen MR) is 152 cm³/mol. The van der Waals surface area contributed by atoms with Crippen molar-refractivity contribution in [2.24, 2.45) is 5.41 Å². The van der Waals surface area contributed by atoms with E-state index in [0.717, 1.165) is 44.2 Å². The SMILES string of the molecule is COC(=O)C1=C(C)NC(C)C(CCCN2CCN(c3ccccc3OC)CC2)(C(=O)O)C1c1ccccc1Cl. The van der Waals surface area contributed by atoms with Crippen LogP contribution >= 0.6 is 11.6 Å². The Balaban J connectivity index is 1.55. The number of hydrogen-bond donors (Lipinski definition) is 2. The fourth-order valence-corrected chi connectivity index (χ4v) is 6.50. The third-order valence-corrected chi connectivity index (χ3v) is 8.64. The van der Waals surface area contributed by atoms with Gasteiger partial charge in [0.15, 0.2) is 0 Å². The van der Waals surface area contributed by atoms with Gasteiger partial charge in [0.25, 0.3) is 0 Å². The van der Waals surface area contributed by atoms with Gasteiger partial charge in [0.1, 0.15) is 5.75 Å². The van der Waals surface area contributed by atoms with Crippen molar-refractivity contribution in [3.63, 3.8) is 0 Å². The van der Waals surface area contributed by atoms with Crippen LogP contribution in [-0.4, -0.2) is 74.9 Å². The zero-order valence-electron chi connectivity index (χ0n) is 23.1. The van der Waals surface area contributed by atoms with Crippen LogP contribution in [-0.2, 0) is 14.3 Å². The minimum Gasteiger partial charge on any atom is -0.495 e. The van der Waals surface area contributed by atoms with E-state index in [4.69, 9.17) is 21.1 Å². The van der Waals surface area contributed by atoms with Gasteiger partial charge in [-0.25, -0.2) is 4.79 Å². The molecule has 0 aliphatic carbocycles. The van der Waals surface area contributed by atoms with Crippen LogP contribution in [0.4, 0.5) is 5.69 Å². The molecule has 0 aromatic heterocycles. The third kappa shape index (κ3) is 5.58. The van der Waals surface area contributed by atoms with E-state index in [1.54, 1.807) is 26.2 Å². The molecule has 0 spiro atoms. The quantitative estimate of drug-likeness (QED) is 0.436. The predicted octanol–water partition coefficient (Wildman–Crippen LogP) is 4.54. The topological polar surface area (TPSA) is 91.3 Å². The van der Waals surface area contributed by atoms with Gasteiger partial charge < -0.3 is 24.8 Å². The Morgan fingerprint density at radius 2 is 1.74 bits per heavy atom. The number of hydrogen-bond acceptors (Lipinski definition) is 7. The first-order valence-electron chi connectivity index (χ1n) is 13.4. The molecule has 8 nitrogen and oxygen atoms in total. The summed E-state index contributed by atoms with van der Waals surface area (Å²) in [6, 6.07) is 14.8. The van der Waals surface area contributed by atoms with E-state index in [0.29, 0.717) is 34.7 Å². The molecule has 4 rings (SSSR count). The van der Waals surface area contributed by atoms with E-state index < -0.39 is 29.3 Å². The second-order valence-corrected chi connectivity index (χ2v) is 10.7. The standard InChI is InChI=1S/C30H38ClN3O5/c1-20-26(28(35)39-4)27(22-10-5-6-11-23(22)31)30(29(36)37,21(2)32-20)14-9-15-33-16-18-34(19-17-33)24-12-7-8-13-25(24)38-3/h5-8,10-13,21,27,32H,9,14-19H2,1-4H3,(H,36,37). The van der Waals surface area contributed by atoms with Gasteiger partial charge in [-0.1, -0.05) is 41.9 Å². The highest BCUT2D eigenvalue weighted by Crippen LogP contribution is 2.52. The molecule has 0 amide bonds. The van der Waals surface area contributed by atoms with Crippen LogP contribution in [0.1, 0.15) is 38.2 Å². The molecule has 1 saturated heterocycles. The molecular formula is C30H38ClN3O5. The summed E-state index contributed by atoms with van der Waals surface area (Å²) in [6.07, 6.45) is 1.02. The first-order valence-corrected chi connectivity index (χ1v) is 13.8. The maximum Gasteiger partial charge on any atom is 0.336 e. The summed E-state index contributed by atoms with van der Waals surface area (Å²) < 4.78 is 10.7. The van der Waals surface area contributed by atoms with Gasteiger partial charge in [-0.3, -0.25) is 9.69 Å². The number of carboxylic acid groups (broad SMARTS) is 1. The van der Waals surface area contributed by atoms with Crippen LogP contribution < -0.4 is 15.0 Å². The molecule has 0 bridgehead atoms. The maximum absolute atomic E-state index is 13.2. The third-order valence-electron chi connectivity index (χ3n) is 8.30. The second-order valence-electron chi connectivity index (χ2n) is 10.3. The molecule has 2 heterocycles. The largest absolute Gasteiger partial charge is 0.495 e. The number of carboxylic acids is 1. The average molecular weight is 556 g/mol. The molecule has 210 valence electrons. The van der Waals surface area contributed by atoms with E-state index in [1.807, 2.05) is 37.3 Å². The van der Waals surface area contributed by atoms with Crippen LogP contribution in [0.2, 0.25) is 5.02 Å². The normalized spacial score (nSPS) is 23.8. The number of carbonyl (C=O) groups is 2. The number of ether oxygens (including phenoxy) is 2. The number of esters is 1. The molecule has 0 radical (unpaired) electrons. The van der Waals surface area contributed by atoms with E-state index in [2.05, 4.69) is 21.2 Å². The number of para-hydroxylation sites is 2. The van der Waals surface area contributed by atoms with Crippen molar-refractivity contribution < 1.29 is 24.2 Å². The second kappa shape index (κ2) is 12.3. The highest BCUT2D eigenvalue weighted by atomic mass is 35.5. The lowest BCUT2D eigenvalue weighted by Crippen LogP contribution is -2.57. The lowest BCUT2D eigenvalue weighted by molar-refractivity contribution is -0.153. The number of nitrogens with zero attached hydrogens (tertiary/aromatic N) is 2. The van der Waals surface area contributed by atoms with Gasteiger partial charge >= 0.3 is 11.9 Å². The summed E-state index contributed by atoms with van der Waals surface area (Å²) in [7, 11) is 3.00. The first kappa shape index (κ1) is 28.8. The molecule has 1 fully saturated rings. The molecule has 2 N–H and O–H groups in total. The zero-order chi connectivity index (χ0) is 28.2. The number of nitrogens with one attached hydrogen (secondary N) is 1. The van der Waals surface area contributed by atoms with Crippen LogP contribution in [0.15, 0.2) is 59.8 Å². The maximum atomic E-state index is 13.2. The number of anilines is 1. The van der Waals surface area contributed by atoms with Crippen LogP contribution in [0.5, 0.6) is 5.75 Å². The van der Waals surface area contributed by atoms with Crippen molar-refractivity contribution in [2.45, 2.75) is 38.6 Å². The monoisotopic (exact) mass is 555 g/mol. The number of carbonyl (C=O) groups excluding carboxylic acids is 1. The van der Waals surface area contributed by atoms with E-state index in [-0.39, 0.29) is 0 Å². The smallest absolute Gasteiger partial charge is 0.336 e. The molecule has 2 aromatic rings. The molecule has 3 unspecified atom stereocenters. The fraction of sp³-hybridized carbons (Fsp3) is 0.467. The van der Waals surface area contributed by atoms with Gasteiger partial charge in [-0.05, 0) is 57.0 Å². The van der Waals surface area contributed by atoms with Crippen LogP contribution in [0.25, 0.3) is 0 Å². The summed E-state index contributed by atoms with van der Waals surface area (Å²) in [5.41, 5.74) is 1.35. The van der Waals surface area contributed by atoms with Crippen molar-refractivity contribution in [1.29, 1.82) is 0 Å². The summed E-state index contributed by atoms with van der Waals surface area (Å²) in [5.74, 6) is -1.39. The number of piperazine rings is 1. The Morgan fingerprint density at radius 1 is 1.08 bits per heavy atom. The number of rotatable bonds is 9. The molecular weight excluding hydrogens is 518 g/mol. The number of allylic oxidation sites excluding steroid dienone is 1. The molecule has 2 aromatic carbocycles. The summed E-state index contributed by atoms with van der Waals surface area (Å²) in [5, 5.41) is 14.5. The Bertz CT molecular complexity index is 1230. The molecule has 9 heteroatoms. The Morgan fingerprint density at radius 3 is 2.38 bits per heavy atom. The molecule has 0 saturated carbocycles. The highest BCUT2D eigenvalue weighted by Gasteiger charge is 2.56. The first-order chi connectivity index (χ1) is 18.7. The molecule has 3 atom stereocenters. The Hall–Kier alpha value is -3.23. The molecule has 2 aliphatic rings. The average Bonchev–Trinajstić information content (AvgIpc) is 2.94. The van der Waals surface area contributed by atoms with Crippen molar-refractivity contribution in [3.8, 4) is 5.75 Å². The number of aliphatic carboxylic acids is 1. The number of benzene rings is 2. The highest BCUT2D eigenvalue weighted by molar-refractivity contribution is 6.31. The van der Waals surface area contributed by atoms with E-state index >= 15 is 0 Å². The summed E-state index contributed by atoms with van der Waals surface area (Å²) in [6.45, 7) is 7.88. The van der Waals surface area contributed by atoms with Crippen molar-refractivity contribution in [1.82, 2.24) is 10.2 Å². The van der Waals surface area contributed by atoms with Gasteiger partial charge in [0.05, 0.1) is 30.9 Å². The number of halogens is 1. The molecule has 2 aliphatic heterocycles. The minimum atomic E-state index is -1.30. The molecule has 39 heavy (non-hydrogen) atoms. The van der Waals surface area contributed by atoms with Gasteiger partial charge in [-0.2, -0.15) is 0 Å². The van der Waals surface area contributed by atoms with E-state index in [1.165, 1.54) is 7.11 Å². The van der Waals surface area contributed by atoms with Crippen LogP contribution in [0.3, 0.4) is 0 Å². The summed E-state index contributed by atoms with van der Waals surface area (Å²) in [4.78, 5) is 30.9. The summed E-state index contributed by atoms with van der Waals surface area (Å²) >= 11 is 6.63. The van der Waals surface area contributed by atoms with Gasteiger partial charge in [-0.15, -0.1) is 0 Å². The Kier molecular flexibility index (Phi) is 9.08. The van der Waals surface area contributed by atoms with Gasteiger partial charge in [0, 0.05) is 48.9 Å². The minimum absolute atomic E-state index is 0.316. The van der Waals surface area contributed by atoms with E-state index in [9.17, 15) is 14.7 Å². The van der Waals surface area contributed by atoms with Crippen molar-refractivity contribution in [2.75, 3.05) is 51.8 Å². The van der Waals surface area contributed by atoms with Crippen LogP contribution in [0, 0.1) is 5.41 Å². The Labute approximate surface area is 235 Å². The fourth-order valence-electron chi connectivity index (χ4n) is 6.25. The lowest BCUT2D eigenvalue weighted by Gasteiger charge is -2.47. The lowest BCUT2D eigenvalue weighted by atomic mass is 9.60. The van der Waals surface area contributed by atoms with Crippen molar-refractivity contribution >= 4 is 29.2 Å². The van der Waals surface area contributed by atoms with Gasteiger partial charge in [0.2, 0.25) is 0 Å².